The van der Waals surface area contributed by atoms with Crippen LogP contribution in [0.25, 0.3) is 0 Å². The number of hydrogen-bond acceptors (Lipinski definition) is 5. The van der Waals surface area contributed by atoms with E-state index in [2.05, 4.69) is 29.6 Å². The Labute approximate surface area is 119 Å². The maximum atomic E-state index is 12.3. The molecule has 6 heteroatoms. The Morgan fingerprint density at radius 2 is 2.05 bits per heavy atom. The van der Waals surface area contributed by atoms with Crippen LogP contribution >= 0.6 is 0 Å². The van der Waals surface area contributed by atoms with Gasteiger partial charge in [0.2, 0.25) is 0 Å². The average Bonchev–Trinajstić information content (AvgIpc) is 2.47. The van der Waals surface area contributed by atoms with E-state index in [1.54, 1.807) is 13.1 Å². The van der Waals surface area contributed by atoms with E-state index in [0.717, 1.165) is 5.69 Å². The predicted molar refractivity (Wildman–Crippen MR) is 77.7 cm³/mol. The van der Waals surface area contributed by atoms with Crippen LogP contribution in [0.15, 0.2) is 12.1 Å². The first-order valence-corrected chi connectivity index (χ1v) is 6.93. The minimum absolute atomic E-state index is 0.104. The van der Waals surface area contributed by atoms with Gasteiger partial charge in [-0.1, -0.05) is 13.8 Å². The smallest absolute Gasteiger partial charge is 0.265 e. The number of anilines is 1. The number of nitrogens with zero attached hydrogens (tertiary/aromatic N) is 2. The lowest BCUT2D eigenvalue weighted by Crippen LogP contribution is -2.48. The second kappa shape index (κ2) is 6.67. The summed E-state index contributed by atoms with van der Waals surface area (Å²) in [4.78, 5) is 16.8. The number of carbonyl (C=O) groups is 1. The van der Waals surface area contributed by atoms with Crippen molar-refractivity contribution in [1.82, 2.24) is 15.4 Å². The second-order valence-corrected chi connectivity index (χ2v) is 5.11. The lowest BCUT2D eigenvalue weighted by Gasteiger charge is -2.27. The highest BCUT2D eigenvalue weighted by molar-refractivity contribution is 5.94. The van der Waals surface area contributed by atoms with Crippen LogP contribution in [-0.2, 0) is 4.74 Å². The zero-order chi connectivity index (χ0) is 14.5. The van der Waals surface area contributed by atoms with Crippen molar-refractivity contribution in [2.45, 2.75) is 19.8 Å². The Morgan fingerprint density at radius 3 is 2.65 bits per heavy atom. The number of aromatic nitrogens is 1. The Hall–Kier alpha value is -1.66. The van der Waals surface area contributed by atoms with Crippen molar-refractivity contribution in [2.24, 2.45) is 0 Å². The van der Waals surface area contributed by atoms with Crippen molar-refractivity contribution in [2.75, 3.05) is 38.7 Å². The van der Waals surface area contributed by atoms with Crippen LogP contribution in [-0.4, -0.2) is 49.3 Å². The van der Waals surface area contributed by atoms with Gasteiger partial charge in [0.25, 0.3) is 5.91 Å². The van der Waals surface area contributed by atoms with E-state index in [-0.39, 0.29) is 11.8 Å². The molecule has 1 saturated heterocycles. The molecule has 1 amide bonds. The molecule has 2 heterocycles. The largest absolute Gasteiger partial charge is 0.379 e. The molecule has 2 rings (SSSR count). The summed E-state index contributed by atoms with van der Waals surface area (Å²) in [5, 5.41) is 4.89. The molecule has 20 heavy (non-hydrogen) atoms. The number of hydrogen-bond donors (Lipinski definition) is 2. The molecule has 0 unspecified atom stereocenters. The highest BCUT2D eigenvalue weighted by Crippen LogP contribution is 2.17. The Morgan fingerprint density at radius 1 is 1.35 bits per heavy atom. The zero-order valence-electron chi connectivity index (χ0n) is 12.3. The number of amides is 1. The van der Waals surface area contributed by atoms with Crippen molar-refractivity contribution in [3.05, 3.63) is 23.4 Å². The molecule has 1 aliphatic heterocycles. The summed E-state index contributed by atoms with van der Waals surface area (Å²) < 4.78 is 5.26. The topological polar surface area (TPSA) is 66.5 Å². The number of hydrazine groups is 1. The van der Waals surface area contributed by atoms with Crippen LogP contribution in [0, 0.1) is 0 Å². The molecule has 0 aliphatic carbocycles. The summed E-state index contributed by atoms with van der Waals surface area (Å²) in [6, 6.07) is 3.61. The molecule has 110 valence electrons. The Kier molecular flexibility index (Phi) is 4.92. The first-order chi connectivity index (χ1) is 9.60. The van der Waals surface area contributed by atoms with Gasteiger partial charge < -0.3 is 10.1 Å². The number of carbonyl (C=O) groups excluding carboxylic acids is 1. The fourth-order valence-electron chi connectivity index (χ4n) is 1.99. The van der Waals surface area contributed by atoms with Crippen LogP contribution in [0.2, 0.25) is 0 Å². The van der Waals surface area contributed by atoms with E-state index in [9.17, 15) is 4.79 Å². The van der Waals surface area contributed by atoms with Crippen molar-refractivity contribution in [1.29, 1.82) is 0 Å². The highest BCUT2D eigenvalue weighted by atomic mass is 16.5. The molecule has 1 aromatic rings. The van der Waals surface area contributed by atoms with Gasteiger partial charge in [0.15, 0.2) is 0 Å². The maximum absolute atomic E-state index is 12.3. The molecule has 1 fully saturated rings. The van der Waals surface area contributed by atoms with Crippen LogP contribution in [0.1, 0.15) is 35.8 Å². The third-order valence-corrected chi connectivity index (χ3v) is 3.23. The van der Waals surface area contributed by atoms with Crippen molar-refractivity contribution in [3.63, 3.8) is 0 Å². The SMILES string of the molecule is CNc1cc(C(=O)NN2CCOCC2)cc(C(C)C)n1. The summed E-state index contributed by atoms with van der Waals surface area (Å²) in [6.07, 6.45) is 0. The molecule has 6 nitrogen and oxygen atoms in total. The third kappa shape index (κ3) is 3.68. The van der Waals surface area contributed by atoms with Gasteiger partial charge in [-0.15, -0.1) is 0 Å². The van der Waals surface area contributed by atoms with Gasteiger partial charge in [0, 0.05) is 31.4 Å². The highest BCUT2D eigenvalue weighted by Gasteiger charge is 2.16. The fourth-order valence-corrected chi connectivity index (χ4v) is 1.99. The number of morpholine rings is 1. The van der Waals surface area contributed by atoms with E-state index >= 15 is 0 Å². The van der Waals surface area contributed by atoms with Gasteiger partial charge >= 0.3 is 0 Å². The molecule has 1 aliphatic rings. The van der Waals surface area contributed by atoms with Gasteiger partial charge in [0.1, 0.15) is 5.82 Å². The lowest BCUT2D eigenvalue weighted by atomic mass is 10.1. The summed E-state index contributed by atoms with van der Waals surface area (Å²) >= 11 is 0. The van der Waals surface area contributed by atoms with Crippen molar-refractivity contribution in [3.8, 4) is 0 Å². The van der Waals surface area contributed by atoms with Gasteiger partial charge in [-0.3, -0.25) is 10.2 Å². The van der Waals surface area contributed by atoms with Gasteiger partial charge in [-0.2, -0.15) is 0 Å². The molecule has 0 radical (unpaired) electrons. The summed E-state index contributed by atoms with van der Waals surface area (Å²) in [5.41, 5.74) is 4.44. The first kappa shape index (κ1) is 14.7. The molecular formula is C14H22N4O2. The molecule has 0 spiro atoms. The Balaban J connectivity index is 2.13. The molecule has 0 atom stereocenters. The van der Waals surface area contributed by atoms with E-state index in [1.165, 1.54) is 0 Å². The van der Waals surface area contributed by atoms with E-state index < -0.39 is 0 Å². The van der Waals surface area contributed by atoms with E-state index in [4.69, 9.17) is 4.74 Å². The normalized spacial score (nSPS) is 16.2. The van der Waals surface area contributed by atoms with Gasteiger partial charge in [-0.05, 0) is 18.1 Å². The van der Waals surface area contributed by atoms with Gasteiger partial charge in [-0.25, -0.2) is 9.99 Å². The second-order valence-electron chi connectivity index (χ2n) is 5.11. The molecular weight excluding hydrogens is 256 g/mol. The van der Waals surface area contributed by atoms with E-state index in [0.29, 0.717) is 37.7 Å². The maximum Gasteiger partial charge on any atom is 0.265 e. The molecule has 2 N–H and O–H groups in total. The average molecular weight is 278 g/mol. The van der Waals surface area contributed by atoms with Crippen LogP contribution < -0.4 is 10.7 Å². The quantitative estimate of drug-likeness (QED) is 0.867. The van der Waals surface area contributed by atoms with Gasteiger partial charge in [0.05, 0.1) is 13.2 Å². The molecule has 0 aromatic carbocycles. The van der Waals surface area contributed by atoms with Crippen LogP contribution in [0.5, 0.6) is 0 Å². The summed E-state index contributed by atoms with van der Waals surface area (Å²) in [5.74, 6) is 0.884. The van der Waals surface area contributed by atoms with Crippen LogP contribution in [0.3, 0.4) is 0 Å². The summed E-state index contributed by atoms with van der Waals surface area (Å²) in [6.45, 7) is 6.85. The number of nitrogens with one attached hydrogen (secondary N) is 2. The zero-order valence-corrected chi connectivity index (χ0v) is 12.3. The van der Waals surface area contributed by atoms with E-state index in [1.807, 2.05) is 11.1 Å². The first-order valence-electron chi connectivity index (χ1n) is 6.93. The van der Waals surface area contributed by atoms with Crippen molar-refractivity contribution < 1.29 is 9.53 Å². The van der Waals surface area contributed by atoms with Crippen molar-refractivity contribution >= 4 is 11.7 Å². The molecule has 1 aromatic heterocycles. The number of ether oxygens (including phenoxy) is 1. The lowest BCUT2D eigenvalue weighted by molar-refractivity contribution is 0.0126. The summed E-state index contributed by atoms with van der Waals surface area (Å²) in [7, 11) is 1.80. The minimum Gasteiger partial charge on any atom is -0.379 e. The minimum atomic E-state index is -0.104. The molecule has 0 saturated carbocycles. The van der Waals surface area contributed by atoms with Crippen LogP contribution in [0.4, 0.5) is 5.82 Å². The third-order valence-electron chi connectivity index (χ3n) is 3.23. The monoisotopic (exact) mass is 278 g/mol. The fraction of sp³-hybridized carbons (Fsp3) is 0.571. The predicted octanol–water partition coefficient (Wildman–Crippen LogP) is 1.22. The molecule has 0 bridgehead atoms. The standard InChI is InChI=1S/C14H22N4O2/c1-10(2)12-8-11(9-13(15-3)16-12)14(19)17-18-4-6-20-7-5-18/h8-10H,4-7H2,1-3H3,(H,15,16)(H,17,19). The number of pyridine rings is 1. The number of rotatable bonds is 4. The Bertz CT molecular complexity index is 470.